The predicted octanol–water partition coefficient (Wildman–Crippen LogP) is 5.56. The van der Waals surface area contributed by atoms with Gasteiger partial charge in [-0.1, -0.05) is 38.1 Å². The van der Waals surface area contributed by atoms with Crippen LogP contribution >= 0.6 is 0 Å². The van der Waals surface area contributed by atoms with E-state index in [9.17, 15) is 0 Å². The van der Waals surface area contributed by atoms with E-state index in [1.54, 1.807) is 6.92 Å². The van der Waals surface area contributed by atoms with Crippen molar-refractivity contribution in [2.45, 2.75) is 40.0 Å². The van der Waals surface area contributed by atoms with E-state index in [1.807, 2.05) is 43.3 Å². The molecule has 4 heteroatoms. The van der Waals surface area contributed by atoms with Gasteiger partial charge in [-0.15, -0.1) is 0 Å². The van der Waals surface area contributed by atoms with Gasteiger partial charge >= 0.3 is 0 Å². The van der Waals surface area contributed by atoms with Gasteiger partial charge < -0.3 is 15.0 Å². The summed E-state index contributed by atoms with van der Waals surface area (Å²) in [4.78, 5) is 5.09. The minimum Gasteiger partial charge on any atom is -0.457 e. The number of nitrogens with one attached hydrogen (secondary N) is 1. The van der Waals surface area contributed by atoms with Gasteiger partial charge in [-0.25, -0.2) is 0 Å². The first-order chi connectivity index (χ1) is 11.8. The molecule has 2 aromatic rings. The lowest BCUT2D eigenvalue weighted by molar-refractivity contribution is 0.159. The summed E-state index contributed by atoms with van der Waals surface area (Å²) < 4.78 is 5.90. The molecule has 4 nitrogen and oxygen atoms in total. The summed E-state index contributed by atoms with van der Waals surface area (Å²) in [5.41, 5.74) is 3.12. The Morgan fingerprint density at radius 2 is 1.48 bits per heavy atom. The van der Waals surface area contributed by atoms with E-state index in [-0.39, 0.29) is 5.41 Å². The number of benzene rings is 2. The van der Waals surface area contributed by atoms with Gasteiger partial charge in [-0.3, -0.25) is 0 Å². The lowest BCUT2D eigenvalue weighted by atomic mass is 9.87. The average Bonchev–Trinajstić information content (AvgIpc) is 2.56. The molecule has 0 saturated carbocycles. The van der Waals surface area contributed by atoms with Crippen LogP contribution in [0.1, 0.15) is 45.7 Å². The first-order valence-corrected chi connectivity index (χ1v) is 8.45. The molecule has 0 radical (unpaired) electrons. The van der Waals surface area contributed by atoms with Crippen LogP contribution in [0.4, 0.5) is 0 Å². The molecule has 0 heterocycles. The van der Waals surface area contributed by atoms with E-state index in [0.717, 1.165) is 17.1 Å². The van der Waals surface area contributed by atoms with Crippen molar-refractivity contribution in [1.82, 2.24) is 0 Å². The third-order valence-electron chi connectivity index (χ3n) is 3.72. The molecule has 25 heavy (non-hydrogen) atoms. The topological polar surface area (TPSA) is 54.7 Å². The van der Waals surface area contributed by atoms with Gasteiger partial charge in [0.2, 0.25) is 0 Å². The fourth-order valence-electron chi connectivity index (χ4n) is 2.31. The second-order valence-corrected chi connectivity index (χ2v) is 6.88. The highest BCUT2D eigenvalue weighted by Gasteiger charge is 2.13. The number of rotatable bonds is 6. The molecule has 0 bridgehead atoms. The highest BCUT2D eigenvalue weighted by atomic mass is 16.6. The molecule has 132 valence electrons. The molecule has 0 aliphatic carbocycles. The lowest BCUT2D eigenvalue weighted by Crippen LogP contribution is -2.11. The lowest BCUT2D eigenvalue weighted by Gasteiger charge is -2.19. The maximum Gasteiger partial charge on any atom is 0.130 e. The quantitative estimate of drug-likeness (QED) is 0.554. The van der Waals surface area contributed by atoms with Crippen molar-refractivity contribution < 1.29 is 9.57 Å². The summed E-state index contributed by atoms with van der Waals surface area (Å²) in [6.07, 6.45) is 0. The molecule has 0 saturated heterocycles. The maximum absolute atomic E-state index is 7.83. The molecule has 0 fully saturated rings. The molecule has 0 aromatic heterocycles. The first-order valence-electron chi connectivity index (χ1n) is 8.45. The van der Waals surface area contributed by atoms with Crippen molar-refractivity contribution in [3.63, 3.8) is 0 Å². The Labute approximate surface area is 150 Å². The molecule has 0 aliphatic heterocycles. The Morgan fingerprint density at radius 3 is 1.92 bits per heavy atom. The van der Waals surface area contributed by atoms with Gasteiger partial charge in [0.15, 0.2) is 0 Å². The number of hydrogen-bond acceptors (Lipinski definition) is 4. The van der Waals surface area contributed by atoms with E-state index >= 15 is 0 Å². The zero-order chi connectivity index (χ0) is 18.4. The van der Waals surface area contributed by atoms with Gasteiger partial charge in [-0.2, -0.15) is 0 Å². The van der Waals surface area contributed by atoms with Crippen molar-refractivity contribution >= 4 is 11.4 Å². The first kappa shape index (κ1) is 18.7. The van der Waals surface area contributed by atoms with Gasteiger partial charge in [0.25, 0.3) is 0 Å². The summed E-state index contributed by atoms with van der Waals surface area (Å²) >= 11 is 0. The van der Waals surface area contributed by atoms with Gasteiger partial charge in [0.05, 0.1) is 5.71 Å². The SMILES string of the molecule is CCON=C(C(C)=N)c1ccc(Oc2ccc(C(C)(C)C)cc2)cc1. The standard InChI is InChI=1S/C21H26N2O2/c1-6-24-23-20(15(2)22)16-7-11-18(12-8-16)25-19-13-9-17(10-14-19)21(3,4)5/h7-14,22H,6H2,1-5H3. The Balaban J connectivity index is 2.13. The van der Waals surface area contributed by atoms with E-state index in [4.69, 9.17) is 15.0 Å². The Hall–Kier alpha value is -2.62. The summed E-state index contributed by atoms with van der Waals surface area (Å²) in [5.74, 6) is 1.54. The fraction of sp³-hybridized carbons (Fsp3) is 0.333. The minimum atomic E-state index is 0.126. The Morgan fingerprint density at radius 1 is 0.960 bits per heavy atom. The smallest absolute Gasteiger partial charge is 0.130 e. The maximum atomic E-state index is 7.83. The molecular weight excluding hydrogens is 312 g/mol. The molecule has 0 spiro atoms. The monoisotopic (exact) mass is 338 g/mol. The van der Waals surface area contributed by atoms with Crippen molar-refractivity contribution in [1.29, 1.82) is 5.41 Å². The van der Waals surface area contributed by atoms with E-state index in [1.165, 1.54) is 5.56 Å². The van der Waals surface area contributed by atoms with Gasteiger partial charge in [-0.05, 0) is 61.2 Å². The molecule has 0 amide bonds. The third-order valence-corrected chi connectivity index (χ3v) is 3.72. The molecular formula is C21H26N2O2. The van der Waals surface area contributed by atoms with Crippen molar-refractivity contribution in [3.05, 3.63) is 59.7 Å². The van der Waals surface area contributed by atoms with Crippen LogP contribution in [0.25, 0.3) is 0 Å². The second-order valence-electron chi connectivity index (χ2n) is 6.88. The van der Waals surface area contributed by atoms with Gasteiger partial charge in [0, 0.05) is 5.56 Å². The molecule has 2 rings (SSSR count). The molecule has 0 unspecified atom stereocenters. The predicted molar refractivity (Wildman–Crippen MR) is 103 cm³/mol. The van der Waals surface area contributed by atoms with Crippen LogP contribution in [-0.4, -0.2) is 18.0 Å². The van der Waals surface area contributed by atoms with Crippen LogP contribution < -0.4 is 4.74 Å². The molecule has 0 atom stereocenters. The number of oxime groups is 1. The normalized spacial score (nSPS) is 12.0. The highest BCUT2D eigenvalue weighted by Crippen LogP contribution is 2.27. The molecule has 1 N–H and O–H groups in total. The van der Waals surface area contributed by atoms with Crippen LogP contribution in [0.3, 0.4) is 0 Å². The van der Waals surface area contributed by atoms with Crippen LogP contribution in [-0.2, 0) is 10.3 Å². The van der Waals surface area contributed by atoms with Crippen molar-refractivity contribution in [2.24, 2.45) is 5.16 Å². The van der Waals surface area contributed by atoms with E-state index in [2.05, 4.69) is 38.1 Å². The number of nitrogens with zero attached hydrogens (tertiary/aromatic N) is 1. The Kier molecular flexibility index (Phi) is 5.97. The highest BCUT2D eigenvalue weighted by molar-refractivity contribution is 6.46. The second kappa shape index (κ2) is 7.97. The van der Waals surface area contributed by atoms with Crippen LogP contribution in [0.5, 0.6) is 11.5 Å². The van der Waals surface area contributed by atoms with Crippen LogP contribution in [0, 0.1) is 5.41 Å². The van der Waals surface area contributed by atoms with E-state index in [0.29, 0.717) is 18.0 Å². The molecule has 0 aliphatic rings. The van der Waals surface area contributed by atoms with Crippen molar-refractivity contribution in [2.75, 3.05) is 6.61 Å². The third kappa shape index (κ3) is 5.18. The summed E-state index contributed by atoms with van der Waals surface area (Å²) in [6, 6.07) is 15.7. The largest absolute Gasteiger partial charge is 0.457 e. The summed E-state index contributed by atoms with van der Waals surface area (Å²) in [7, 11) is 0. The van der Waals surface area contributed by atoms with Crippen LogP contribution in [0.15, 0.2) is 53.7 Å². The van der Waals surface area contributed by atoms with Crippen LogP contribution in [0.2, 0.25) is 0 Å². The fourth-order valence-corrected chi connectivity index (χ4v) is 2.31. The molecule has 2 aromatic carbocycles. The zero-order valence-corrected chi connectivity index (χ0v) is 15.6. The zero-order valence-electron chi connectivity index (χ0n) is 15.6. The van der Waals surface area contributed by atoms with E-state index < -0.39 is 0 Å². The Bertz CT molecular complexity index is 739. The summed E-state index contributed by atoms with van der Waals surface area (Å²) in [5, 5.41) is 11.8. The average molecular weight is 338 g/mol. The minimum absolute atomic E-state index is 0.126. The number of hydrogen-bond donors (Lipinski definition) is 1. The van der Waals surface area contributed by atoms with Gasteiger partial charge in [0.1, 0.15) is 23.8 Å². The summed E-state index contributed by atoms with van der Waals surface area (Å²) in [6.45, 7) is 10.6. The van der Waals surface area contributed by atoms with Crippen molar-refractivity contribution in [3.8, 4) is 11.5 Å². The number of ether oxygens (including phenoxy) is 1.